The molecule has 0 amide bonds. The molecule has 0 atom stereocenters. The van der Waals surface area contributed by atoms with Crippen LogP contribution < -0.4 is 5.56 Å². The zero-order chi connectivity index (χ0) is 14.3. The number of aryl methyl sites for hydroxylation is 1. The fourth-order valence-corrected chi connectivity index (χ4v) is 3.15. The van der Waals surface area contributed by atoms with Crippen molar-refractivity contribution in [2.75, 3.05) is 0 Å². The van der Waals surface area contributed by atoms with Crippen LogP contribution in [0.25, 0.3) is 10.2 Å². The van der Waals surface area contributed by atoms with Crippen molar-refractivity contribution in [3.8, 4) is 0 Å². The van der Waals surface area contributed by atoms with Crippen LogP contribution >= 0.6 is 11.3 Å². The molecule has 0 aliphatic heterocycles. The molecule has 5 nitrogen and oxygen atoms in total. The van der Waals surface area contributed by atoms with E-state index in [1.807, 2.05) is 26.2 Å². The molecular weight excluding hydrogens is 274 g/mol. The lowest BCUT2D eigenvalue weighted by molar-refractivity contribution is 0.477. The van der Waals surface area contributed by atoms with E-state index in [1.165, 1.54) is 17.7 Å². The third-order valence-electron chi connectivity index (χ3n) is 3.24. The third-order valence-corrected chi connectivity index (χ3v) is 4.32. The summed E-state index contributed by atoms with van der Waals surface area (Å²) in [5.74, 6) is 1.06. The van der Waals surface area contributed by atoms with Gasteiger partial charge in [-0.2, -0.15) is 0 Å². The lowest BCUT2D eigenvalue weighted by Crippen LogP contribution is -2.21. The average Bonchev–Trinajstić information content (AvgIpc) is 3.00. The number of rotatable bonds is 3. The molecule has 6 heteroatoms. The van der Waals surface area contributed by atoms with Crippen LogP contribution in [-0.4, -0.2) is 14.5 Å². The Labute approximate surface area is 119 Å². The summed E-state index contributed by atoms with van der Waals surface area (Å²) in [5, 5.41) is 1.96. The Morgan fingerprint density at radius 1 is 1.40 bits per heavy atom. The van der Waals surface area contributed by atoms with Crippen LogP contribution in [0, 0.1) is 6.92 Å². The van der Waals surface area contributed by atoms with E-state index in [-0.39, 0.29) is 11.5 Å². The highest BCUT2D eigenvalue weighted by Gasteiger charge is 2.14. The standard InChI is InChI=1S/C14H15N3O2S/c1-8(2)12-10(16-7-19-12)4-17-6-15-11-9(3)5-20-13(11)14(17)18/h5-8H,4H2,1-3H3. The normalized spacial score (nSPS) is 11.6. The summed E-state index contributed by atoms with van der Waals surface area (Å²) in [7, 11) is 0. The van der Waals surface area contributed by atoms with Gasteiger partial charge in [-0.3, -0.25) is 9.36 Å². The summed E-state index contributed by atoms with van der Waals surface area (Å²) in [6, 6.07) is 0. The number of aromatic nitrogens is 3. The molecule has 0 radical (unpaired) electrons. The van der Waals surface area contributed by atoms with Gasteiger partial charge in [0.2, 0.25) is 0 Å². The molecule has 3 aromatic rings. The first-order valence-electron chi connectivity index (χ1n) is 6.43. The van der Waals surface area contributed by atoms with E-state index in [4.69, 9.17) is 4.42 Å². The van der Waals surface area contributed by atoms with E-state index < -0.39 is 0 Å². The molecule has 3 aromatic heterocycles. The summed E-state index contributed by atoms with van der Waals surface area (Å²) in [6.07, 6.45) is 3.01. The Bertz CT molecular complexity index is 813. The van der Waals surface area contributed by atoms with E-state index in [2.05, 4.69) is 9.97 Å². The highest BCUT2D eigenvalue weighted by Crippen LogP contribution is 2.21. The first kappa shape index (κ1) is 13.1. The molecule has 20 heavy (non-hydrogen) atoms. The highest BCUT2D eigenvalue weighted by atomic mass is 32.1. The summed E-state index contributed by atoms with van der Waals surface area (Å²) in [6.45, 7) is 6.43. The van der Waals surface area contributed by atoms with Crippen molar-refractivity contribution in [3.05, 3.63) is 45.5 Å². The smallest absolute Gasteiger partial charge is 0.271 e. The zero-order valence-electron chi connectivity index (χ0n) is 11.6. The number of nitrogens with zero attached hydrogens (tertiary/aromatic N) is 3. The Morgan fingerprint density at radius 3 is 2.95 bits per heavy atom. The van der Waals surface area contributed by atoms with Gasteiger partial charge in [0.05, 0.1) is 18.4 Å². The Morgan fingerprint density at radius 2 is 2.20 bits per heavy atom. The minimum Gasteiger partial charge on any atom is -0.448 e. The maximum absolute atomic E-state index is 12.4. The van der Waals surface area contributed by atoms with E-state index in [1.54, 1.807) is 10.9 Å². The number of hydrogen-bond acceptors (Lipinski definition) is 5. The monoisotopic (exact) mass is 289 g/mol. The van der Waals surface area contributed by atoms with Crippen LogP contribution in [-0.2, 0) is 6.54 Å². The maximum Gasteiger partial charge on any atom is 0.271 e. The predicted octanol–water partition coefficient (Wildman–Crippen LogP) is 2.93. The fourth-order valence-electron chi connectivity index (χ4n) is 2.20. The van der Waals surface area contributed by atoms with Crippen LogP contribution in [0.2, 0.25) is 0 Å². The molecule has 0 aliphatic rings. The molecule has 0 bridgehead atoms. The average molecular weight is 289 g/mol. The predicted molar refractivity (Wildman–Crippen MR) is 78.3 cm³/mol. The van der Waals surface area contributed by atoms with Crippen LogP contribution in [0.5, 0.6) is 0 Å². The quantitative estimate of drug-likeness (QED) is 0.743. The molecule has 0 spiro atoms. The summed E-state index contributed by atoms with van der Waals surface area (Å²) >= 11 is 1.44. The van der Waals surface area contributed by atoms with Crippen LogP contribution in [0.1, 0.15) is 36.8 Å². The minimum absolute atomic E-state index is 0.0224. The second kappa shape index (κ2) is 4.86. The van der Waals surface area contributed by atoms with Gasteiger partial charge in [-0.25, -0.2) is 9.97 Å². The lowest BCUT2D eigenvalue weighted by atomic mass is 10.1. The summed E-state index contributed by atoms with van der Waals surface area (Å²) in [4.78, 5) is 21.0. The van der Waals surface area contributed by atoms with Gasteiger partial charge in [-0.05, 0) is 17.9 Å². The second-order valence-electron chi connectivity index (χ2n) is 5.09. The van der Waals surface area contributed by atoms with Crippen molar-refractivity contribution in [3.63, 3.8) is 0 Å². The molecule has 0 saturated heterocycles. The van der Waals surface area contributed by atoms with Gasteiger partial charge in [-0.15, -0.1) is 11.3 Å². The summed E-state index contributed by atoms with van der Waals surface area (Å²) in [5.41, 5.74) is 2.60. The van der Waals surface area contributed by atoms with Crippen molar-refractivity contribution in [1.82, 2.24) is 14.5 Å². The van der Waals surface area contributed by atoms with Gasteiger partial charge >= 0.3 is 0 Å². The maximum atomic E-state index is 12.4. The molecule has 0 fully saturated rings. The zero-order valence-corrected chi connectivity index (χ0v) is 12.4. The second-order valence-corrected chi connectivity index (χ2v) is 5.97. The number of hydrogen-bond donors (Lipinski definition) is 0. The van der Waals surface area contributed by atoms with E-state index in [0.717, 1.165) is 22.5 Å². The van der Waals surface area contributed by atoms with E-state index in [0.29, 0.717) is 11.2 Å². The first-order valence-corrected chi connectivity index (χ1v) is 7.31. The van der Waals surface area contributed by atoms with Crippen molar-refractivity contribution >= 4 is 21.6 Å². The molecule has 0 saturated carbocycles. The third kappa shape index (κ3) is 2.06. The largest absolute Gasteiger partial charge is 0.448 e. The highest BCUT2D eigenvalue weighted by molar-refractivity contribution is 7.17. The summed E-state index contributed by atoms with van der Waals surface area (Å²) < 4.78 is 7.66. The number of fused-ring (bicyclic) bond motifs is 1. The molecule has 0 unspecified atom stereocenters. The van der Waals surface area contributed by atoms with Gasteiger partial charge in [0.25, 0.3) is 5.56 Å². The van der Waals surface area contributed by atoms with E-state index >= 15 is 0 Å². The van der Waals surface area contributed by atoms with Gasteiger partial charge in [0, 0.05) is 5.92 Å². The molecule has 3 heterocycles. The van der Waals surface area contributed by atoms with E-state index in [9.17, 15) is 4.79 Å². The fraction of sp³-hybridized carbons (Fsp3) is 0.357. The lowest BCUT2D eigenvalue weighted by Gasteiger charge is -2.06. The van der Waals surface area contributed by atoms with Gasteiger partial charge in [0.15, 0.2) is 6.39 Å². The minimum atomic E-state index is -0.0224. The van der Waals surface area contributed by atoms with Crippen molar-refractivity contribution in [2.45, 2.75) is 33.2 Å². The molecule has 0 N–H and O–H groups in total. The Balaban J connectivity index is 2.05. The number of thiophene rings is 1. The van der Waals surface area contributed by atoms with Crippen LogP contribution in [0.15, 0.2) is 27.3 Å². The van der Waals surface area contributed by atoms with Crippen molar-refractivity contribution in [1.29, 1.82) is 0 Å². The van der Waals surface area contributed by atoms with Crippen molar-refractivity contribution in [2.24, 2.45) is 0 Å². The number of oxazole rings is 1. The Kier molecular flexibility index (Phi) is 3.17. The topological polar surface area (TPSA) is 60.9 Å². The van der Waals surface area contributed by atoms with Crippen LogP contribution in [0.4, 0.5) is 0 Å². The molecule has 104 valence electrons. The van der Waals surface area contributed by atoms with Crippen LogP contribution in [0.3, 0.4) is 0 Å². The van der Waals surface area contributed by atoms with Gasteiger partial charge in [-0.1, -0.05) is 13.8 Å². The molecule has 0 aliphatic carbocycles. The van der Waals surface area contributed by atoms with Gasteiger partial charge in [0.1, 0.15) is 16.2 Å². The van der Waals surface area contributed by atoms with Gasteiger partial charge < -0.3 is 4.42 Å². The first-order chi connectivity index (χ1) is 9.58. The molecule has 3 rings (SSSR count). The Hall–Kier alpha value is -1.95. The van der Waals surface area contributed by atoms with Crippen molar-refractivity contribution < 1.29 is 4.42 Å². The SMILES string of the molecule is Cc1csc2c(=O)n(Cc3ncoc3C(C)C)cnc12. The molecular formula is C14H15N3O2S. The molecule has 0 aromatic carbocycles.